The minimum Gasteiger partial charge on any atom is -0.497 e. The Labute approximate surface area is 167 Å². The zero-order valence-corrected chi connectivity index (χ0v) is 16.2. The number of hydrogen-bond donors (Lipinski definition) is 2. The number of Topliss-reactive ketones (excluding diaryl/α,β-unsaturated/α-hetero) is 1. The summed E-state index contributed by atoms with van der Waals surface area (Å²) in [5, 5.41) is 5.77. The lowest BCUT2D eigenvalue weighted by atomic mass is 10.1. The molecule has 29 heavy (non-hydrogen) atoms. The predicted octanol–water partition coefficient (Wildman–Crippen LogP) is 3.69. The molecule has 0 bridgehead atoms. The van der Waals surface area contributed by atoms with Crippen molar-refractivity contribution in [1.82, 2.24) is 9.97 Å². The Morgan fingerprint density at radius 1 is 0.931 bits per heavy atom. The van der Waals surface area contributed by atoms with E-state index in [-0.39, 0.29) is 17.3 Å². The fraction of sp³-hybridized carbons (Fsp3) is 0.143. The third kappa shape index (κ3) is 4.86. The predicted molar refractivity (Wildman–Crippen MR) is 109 cm³/mol. The van der Waals surface area contributed by atoms with Crippen molar-refractivity contribution < 1.29 is 19.1 Å². The topological polar surface area (TPSA) is 102 Å². The van der Waals surface area contributed by atoms with Crippen LogP contribution < -0.4 is 20.1 Å². The van der Waals surface area contributed by atoms with Crippen LogP contribution in [0.2, 0.25) is 0 Å². The molecule has 8 nitrogen and oxygen atoms in total. The molecule has 1 heterocycles. The van der Waals surface area contributed by atoms with Crippen molar-refractivity contribution in [3.05, 3.63) is 66.0 Å². The van der Waals surface area contributed by atoms with Crippen LogP contribution in [0.1, 0.15) is 27.6 Å². The lowest BCUT2D eigenvalue weighted by molar-refractivity contribution is 0.101. The highest BCUT2D eigenvalue weighted by Crippen LogP contribution is 2.30. The third-order valence-corrected chi connectivity index (χ3v) is 4.10. The Bertz CT molecular complexity index is 1040. The normalized spacial score (nSPS) is 10.2. The fourth-order valence-electron chi connectivity index (χ4n) is 2.55. The Morgan fingerprint density at radius 2 is 1.69 bits per heavy atom. The van der Waals surface area contributed by atoms with E-state index in [1.54, 1.807) is 56.7 Å². The molecule has 0 aliphatic carbocycles. The number of methoxy groups -OCH3 is 2. The maximum Gasteiger partial charge on any atom is 0.258 e. The number of nitrogens with zero attached hydrogens (tertiary/aromatic N) is 2. The summed E-state index contributed by atoms with van der Waals surface area (Å²) in [6.07, 6.45) is 2.82. The maximum atomic E-state index is 12.4. The van der Waals surface area contributed by atoms with Gasteiger partial charge in [0.2, 0.25) is 5.95 Å². The highest BCUT2D eigenvalue weighted by molar-refractivity contribution is 6.04. The molecular formula is C21H20N4O4. The molecule has 1 aromatic heterocycles. The highest BCUT2D eigenvalue weighted by Gasteiger charge is 2.11. The van der Waals surface area contributed by atoms with Crippen LogP contribution in [0.3, 0.4) is 0 Å². The average Bonchev–Trinajstić information content (AvgIpc) is 2.74. The Hall–Kier alpha value is -3.94. The van der Waals surface area contributed by atoms with E-state index in [1.807, 2.05) is 0 Å². The minimum atomic E-state index is -0.376. The molecule has 0 saturated carbocycles. The van der Waals surface area contributed by atoms with Gasteiger partial charge < -0.3 is 20.1 Å². The van der Waals surface area contributed by atoms with Gasteiger partial charge in [-0.1, -0.05) is 12.1 Å². The molecule has 3 aromatic rings. The van der Waals surface area contributed by atoms with Gasteiger partial charge >= 0.3 is 0 Å². The summed E-state index contributed by atoms with van der Waals surface area (Å²) in [6, 6.07) is 12.0. The van der Waals surface area contributed by atoms with Gasteiger partial charge in [0.25, 0.3) is 5.91 Å². The summed E-state index contributed by atoms with van der Waals surface area (Å²) in [6.45, 7) is 1.47. The third-order valence-electron chi connectivity index (χ3n) is 4.10. The Balaban J connectivity index is 1.71. The van der Waals surface area contributed by atoms with Gasteiger partial charge in [0.15, 0.2) is 5.78 Å². The van der Waals surface area contributed by atoms with Crippen LogP contribution in [0, 0.1) is 0 Å². The first-order valence-corrected chi connectivity index (χ1v) is 8.73. The average molecular weight is 392 g/mol. The number of ketones is 1. The number of aromatic nitrogens is 2. The van der Waals surface area contributed by atoms with Crippen LogP contribution >= 0.6 is 0 Å². The van der Waals surface area contributed by atoms with Gasteiger partial charge in [-0.25, -0.2) is 9.97 Å². The fourth-order valence-corrected chi connectivity index (χ4v) is 2.55. The summed E-state index contributed by atoms with van der Waals surface area (Å²) >= 11 is 0. The monoisotopic (exact) mass is 392 g/mol. The summed E-state index contributed by atoms with van der Waals surface area (Å²) in [4.78, 5) is 32.2. The Kier molecular flexibility index (Phi) is 6.03. The molecule has 0 saturated heterocycles. The maximum absolute atomic E-state index is 12.4. The van der Waals surface area contributed by atoms with Crippen molar-refractivity contribution in [2.24, 2.45) is 0 Å². The van der Waals surface area contributed by atoms with Crippen LogP contribution in [-0.2, 0) is 0 Å². The van der Waals surface area contributed by atoms with Crippen LogP contribution in [0.5, 0.6) is 11.5 Å². The first-order valence-electron chi connectivity index (χ1n) is 8.73. The van der Waals surface area contributed by atoms with Crippen LogP contribution in [0.15, 0.2) is 54.9 Å². The second-order valence-electron chi connectivity index (χ2n) is 6.08. The van der Waals surface area contributed by atoms with E-state index >= 15 is 0 Å². The molecule has 2 aromatic carbocycles. The lowest BCUT2D eigenvalue weighted by Gasteiger charge is -2.11. The molecule has 0 atom stereocenters. The molecule has 0 radical (unpaired) electrons. The second kappa shape index (κ2) is 8.83. The molecule has 2 N–H and O–H groups in total. The van der Waals surface area contributed by atoms with Crippen LogP contribution in [-0.4, -0.2) is 35.9 Å². The number of carbonyl (C=O) groups is 2. The second-order valence-corrected chi connectivity index (χ2v) is 6.08. The smallest absolute Gasteiger partial charge is 0.258 e. The van der Waals surface area contributed by atoms with Crippen LogP contribution in [0.25, 0.3) is 0 Å². The zero-order chi connectivity index (χ0) is 20.8. The Morgan fingerprint density at radius 3 is 2.34 bits per heavy atom. The molecule has 0 aliphatic rings. The van der Waals surface area contributed by atoms with Crippen molar-refractivity contribution in [2.45, 2.75) is 6.92 Å². The van der Waals surface area contributed by atoms with Gasteiger partial charge in [-0.2, -0.15) is 0 Å². The van der Waals surface area contributed by atoms with E-state index in [2.05, 4.69) is 20.6 Å². The van der Waals surface area contributed by atoms with E-state index in [1.165, 1.54) is 19.3 Å². The summed E-state index contributed by atoms with van der Waals surface area (Å²) in [7, 11) is 3.13. The summed E-state index contributed by atoms with van der Waals surface area (Å²) in [5.74, 6) is 1.09. The first kappa shape index (κ1) is 19.8. The number of nitrogens with one attached hydrogen (secondary N) is 2. The highest BCUT2D eigenvalue weighted by atomic mass is 16.5. The largest absolute Gasteiger partial charge is 0.497 e. The molecule has 0 fully saturated rings. The summed E-state index contributed by atoms with van der Waals surface area (Å²) in [5.41, 5.74) is 1.98. The van der Waals surface area contributed by atoms with E-state index < -0.39 is 0 Å². The molecule has 0 spiro atoms. The standard InChI is InChI=1S/C21H20N4O4/c1-13(26)14-5-4-6-16(9-14)24-20(27)15-11-22-21(23-12-15)25-18-8-7-17(28-2)10-19(18)29-3/h4-12H,1-3H3,(H,24,27)(H,22,23,25). The zero-order valence-electron chi connectivity index (χ0n) is 16.2. The molecular weight excluding hydrogens is 372 g/mol. The molecule has 0 aliphatic heterocycles. The van der Waals surface area contributed by atoms with Gasteiger partial charge in [-0.05, 0) is 31.2 Å². The number of amides is 1. The van der Waals surface area contributed by atoms with Crippen molar-refractivity contribution in [2.75, 3.05) is 24.9 Å². The van der Waals surface area contributed by atoms with Crippen molar-refractivity contribution in [1.29, 1.82) is 0 Å². The summed E-state index contributed by atoms with van der Waals surface area (Å²) < 4.78 is 10.5. The molecule has 1 amide bonds. The van der Waals surface area contributed by atoms with Crippen LogP contribution in [0.4, 0.5) is 17.3 Å². The molecule has 148 valence electrons. The molecule has 0 unspecified atom stereocenters. The van der Waals surface area contributed by atoms with E-state index in [0.717, 1.165) is 0 Å². The minimum absolute atomic E-state index is 0.0752. The number of hydrogen-bond acceptors (Lipinski definition) is 7. The lowest BCUT2D eigenvalue weighted by Crippen LogP contribution is -2.13. The van der Waals surface area contributed by atoms with Crippen molar-refractivity contribution in [3.8, 4) is 11.5 Å². The van der Waals surface area contributed by atoms with Gasteiger partial charge in [0.1, 0.15) is 11.5 Å². The van der Waals surface area contributed by atoms with E-state index in [0.29, 0.717) is 34.4 Å². The number of rotatable bonds is 7. The van der Waals surface area contributed by atoms with Gasteiger partial charge in [0.05, 0.1) is 25.5 Å². The van der Waals surface area contributed by atoms with Crippen molar-refractivity contribution in [3.63, 3.8) is 0 Å². The number of anilines is 3. The number of ether oxygens (including phenoxy) is 2. The van der Waals surface area contributed by atoms with Crippen molar-refractivity contribution >= 4 is 29.0 Å². The number of benzene rings is 2. The molecule has 3 rings (SSSR count). The van der Waals surface area contributed by atoms with Gasteiger partial charge in [0, 0.05) is 29.7 Å². The van der Waals surface area contributed by atoms with E-state index in [4.69, 9.17) is 9.47 Å². The van der Waals surface area contributed by atoms with E-state index in [9.17, 15) is 9.59 Å². The number of carbonyl (C=O) groups excluding carboxylic acids is 2. The molecule has 8 heteroatoms. The van der Waals surface area contributed by atoms with Gasteiger partial charge in [-0.15, -0.1) is 0 Å². The SMILES string of the molecule is COc1ccc(Nc2ncc(C(=O)Nc3cccc(C(C)=O)c3)cn2)c(OC)c1. The van der Waals surface area contributed by atoms with Gasteiger partial charge in [-0.3, -0.25) is 9.59 Å². The quantitative estimate of drug-likeness (QED) is 0.591. The first-order chi connectivity index (χ1) is 14.0.